The zero-order chi connectivity index (χ0) is 24.4. The van der Waals surface area contributed by atoms with E-state index in [1.165, 1.54) is 22.3 Å². The van der Waals surface area contributed by atoms with E-state index in [0.717, 1.165) is 19.3 Å². The van der Waals surface area contributed by atoms with E-state index in [1.54, 1.807) is 0 Å². The van der Waals surface area contributed by atoms with Crippen molar-refractivity contribution in [2.45, 2.75) is 62.9 Å². The molecule has 7 nitrogen and oxygen atoms in total. The Balaban J connectivity index is 1.07. The Kier molecular flexibility index (Phi) is 6.75. The van der Waals surface area contributed by atoms with Crippen molar-refractivity contribution in [3.63, 3.8) is 0 Å². The monoisotopic (exact) mass is 476 g/mol. The van der Waals surface area contributed by atoms with Gasteiger partial charge in [-0.25, -0.2) is 4.79 Å². The van der Waals surface area contributed by atoms with Crippen LogP contribution >= 0.6 is 0 Å². The lowest BCUT2D eigenvalue weighted by atomic mass is 9.85. The second-order valence-corrected chi connectivity index (χ2v) is 10.1. The molecular weight excluding hydrogens is 444 g/mol. The molecule has 5 rings (SSSR count). The lowest BCUT2D eigenvalue weighted by Crippen LogP contribution is -2.43. The third kappa shape index (κ3) is 5.04. The minimum Gasteiger partial charge on any atom is -0.481 e. The van der Waals surface area contributed by atoms with Crippen molar-refractivity contribution in [3.05, 3.63) is 59.7 Å². The lowest BCUT2D eigenvalue weighted by Gasteiger charge is -2.29. The molecule has 2 aromatic rings. The van der Waals surface area contributed by atoms with E-state index in [4.69, 9.17) is 9.84 Å². The molecule has 0 aliphatic heterocycles. The Morgan fingerprint density at radius 3 is 1.94 bits per heavy atom. The van der Waals surface area contributed by atoms with Gasteiger partial charge in [0.2, 0.25) is 5.91 Å². The number of alkyl carbamates (subject to hydrolysis) is 1. The fourth-order valence-electron chi connectivity index (χ4n) is 5.96. The van der Waals surface area contributed by atoms with Crippen molar-refractivity contribution in [1.29, 1.82) is 0 Å². The zero-order valence-electron chi connectivity index (χ0n) is 19.7. The summed E-state index contributed by atoms with van der Waals surface area (Å²) < 4.78 is 5.66. The molecule has 0 heterocycles. The highest BCUT2D eigenvalue weighted by molar-refractivity contribution is 5.80. The smallest absolute Gasteiger partial charge is 0.407 e. The van der Waals surface area contributed by atoms with Gasteiger partial charge in [-0.05, 0) is 67.2 Å². The Labute approximate surface area is 205 Å². The Morgan fingerprint density at radius 1 is 0.771 bits per heavy atom. The van der Waals surface area contributed by atoms with Gasteiger partial charge in [-0.15, -0.1) is 0 Å². The quantitative estimate of drug-likeness (QED) is 0.571. The molecule has 3 N–H and O–H groups in total. The summed E-state index contributed by atoms with van der Waals surface area (Å²) in [7, 11) is 0. The first-order chi connectivity index (χ1) is 17.0. The highest BCUT2D eigenvalue weighted by Gasteiger charge is 2.34. The molecule has 0 unspecified atom stereocenters. The second kappa shape index (κ2) is 10.1. The van der Waals surface area contributed by atoms with E-state index >= 15 is 0 Å². The van der Waals surface area contributed by atoms with Crippen LogP contribution in [0.25, 0.3) is 11.1 Å². The highest BCUT2D eigenvalue weighted by atomic mass is 16.5. The summed E-state index contributed by atoms with van der Waals surface area (Å²) in [5, 5.41) is 15.2. The van der Waals surface area contributed by atoms with Gasteiger partial charge in [0.15, 0.2) is 0 Å². The first kappa shape index (κ1) is 23.4. The van der Waals surface area contributed by atoms with Gasteiger partial charge in [0.25, 0.3) is 0 Å². The van der Waals surface area contributed by atoms with Gasteiger partial charge in [0, 0.05) is 23.9 Å². The number of carboxylic acids is 1. The number of carboxylic acid groups (broad SMARTS) is 1. The molecule has 2 atom stereocenters. The van der Waals surface area contributed by atoms with E-state index in [-0.39, 0.29) is 42.4 Å². The summed E-state index contributed by atoms with van der Waals surface area (Å²) in [5.41, 5.74) is 4.77. The Bertz CT molecular complexity index is 1060. The Hall–Kier alpha value is -3.35. The molecular formula is C28H32N2O5. The average Bonchev–Trinajstić information content (AvgIpc) is 3.46. The van der Waals surface area contributed by atoms with E-state index < -0.39 is 12.1 Å². The van der Waals surface area contributed by atoms with Crippen molar-refractivity contribution in [2.75, 3.05) is 6.61 Å². The molecule has 0 radical (unpaired) electrons. The van der Waals surface area contributed by atoms with Gasteiger partial charge in [-0.1, -0.05) is 48.5 Å². The van der Waals surface area contributed by atoms with Crippen molar-refractivity contribution in [2.24, 2.45) is 11.8 Å². The van der Waals surface area contributed by atoms with E-state index in [1.807, 2.05) is 24.3 Å². The van der Waals surface area contributed by atoms with Crippen LogP contribution in [0.5, 0.6) is 0 Å². The predicted molar refractivity (Wildman–Crippen MR) is 131 cm³/mol. The van der Waals surface area contributed by atoms with Crippen LogP contribution in [-0.2, 0) is 14.3 Å². The van der Waals surface area contributed by atoms with E-state index in [9.17, 15) is 14.4 Å². The topological polar surface area (TPSA) is 105 Å². The van der Waals surface area contributed by atoms with Crippen molar-refractivity contribution < 1.29 is 24.2 Å². The number of carbonyl (C=O) groups is 3. The summed E-state index contributed by atoms with van der Waals surface area (Å²) in [6, 6.07) is 16.5. The number of carbonyl (C=O) groups excluding carboxylic acids is 2. The maximum Gasteiger partial charge on any atom is 0.407 e. The summed E-state index contributed by atoms with van der Waals surface area (Å²) in [4.78, 5) is 36.3. The normalized spacial score (nSPS) is 25.4. The number of aliphatic carboxylic acids is 1. The molecule has 0 bridgehead atoms. The van der Waals surface area contributed by atoms with Gasteiger partial charge in [-0.2, -0.15) is 0 Å². The van der Waals surface area contributed by atoms with E-state index in [2.05, 4.69) is 34.9 Å². The average molecular weight is 477 g/mol. The summed E-state index contributed by atoms with van der Waals surface area (Å²) in [5.74, 6) is -1.16. The third-order valence-electron chi connectivity index (χ3n) is 7.89. The fraction of sp³-hybridized carbons (Fsp3) is 0.464. The molecule has 0 saturated heterocycles. The lowest BCUT2D eigenvalue weighted by molar-refractivity contribution is -0.141. The molecule has 3 aliphatic rings. The molecule has 3 aliphatic carbocycles. The molecule has 184 valence electrons. The fourth-order valence-corrected chi connectivity index (χ4v) is 5.96. The van der Waals surface area contributed by atoms with Crippen LogP contribution in [0.3, 0.4) is 0 Å². The first-order valence-corrected chi connectivity index (χ1v) is 12.6. The van der Waals surface area contributed by atoms with Crippen LogP contribution in [0, 0.1) is 11.8 Å². The number of fused-ring (bicyclic) bond motifs is 3. The SMILES string of the molecule is O=C(NC1CCC(C(=O)N[C@@H]2CC[C@H](C(=O)O)C2)CC1)OCC1c2ccccc2-c2ccccc21. The summed E-state index contributed by atoms with van der Waals surface area (Å²) in [6.07, 6.45) is 4.31. The number of nitrogens with one attached hydrogen (secondary N) is 2. The molecule has 2 amide bonds. The number of benzene rings is 2. The van der Waals surface area contributed by atoms with Crippen molar-refractivity contribution >= 4 is 18.0 Å². The number of hydrogen-bond acceptors (Lipinski definition) is 4. The highest BCUT2D eigenvalue weighted by Crippen LogP contribution is 2.44. The number of rotatable bonds is 6. The first-order valence-electron chi connectivity index (χ1n) is 12.6. The molecule has 2 saturated carbocycles. The van der Waals surface area contributed by atoms with Crippen LogP contribution in [0.2, 0.25) is 0 Å². The maximum absolute atomic E-state index is 12.6. The Morgan fingerprint density at radius 2 is 1.34 bits per heavy atom. The van der Waals surface area contributed by atoms with Crippen LogP contribution < -0.4 is 10.6 Å². The molecule has 2 fully saturated rings. The molecule has 2 aromatic carbocycles. The van der Waals surface area contributed by atoms with Crippen molar-refractivity contribution in [1.82, 2.24) is 10.6 Å². The minimum absolute atomic E-state index is 0.00225. The summed E-state index contributed by atoms with van der Waals surface area (Å²) >= 11 is 0. The maximum atomic E-state index is 12.6. The minimum atomic E-state index is -0.776. The molecule has 0 aromatic heterocycles. The standard InChI is InChI=1S/C28H32N2O5/c31-26(29-20-14-11-18(15-20)27(32)33)17-9-12-19(13-10-17)30-28(34)35-16-25-23-7-3-1-5-21(23)22-6-2-4-8-24(22)25/h1-8,17-20,25H,9-16H2,(H,29,31)(H,30,34)(H,32,33)/t17?,18-,19?,20+/m0/s1. The number of ether oxygens (including phenoxy) is 1. The second-order valence-electron chi connectivity index (χ2n) is 10.1. The number of hydrogen-bond donors (Lipinski definition) is 3. The van der Waals surface area contributed by atoms with Crippen LogP contribution in [-0.4, -0.2) is 41.8 Å². The van der Waals surface area contributed by atoms with E-state index in [0.29, 0.717) is 25.7 Å². The van der Waals surface area contributed by atoms with Crippen LogP contribution in [0.15, 0.2) is 48.5 Å². The molecule has 35 heavy (non-hydrogen) atoms. The zero-order valence-corrected chi connectivity index (χ0v) is 19.7. The third-order valence-corrected chi connectivity index (χ3v) is 7.89. The molecule has 0 spiro atoms. The van der Waals surface area contributed by atoms with Crippen LogP contribution in [0.4, 0.5) is 4.79 Å². The van der Waals surface area contributed by atoms with Gasteiger partial charge in [0.05, 0.1) is 5.92 Å². The summed E-state index contributed by atoms with van der Waals surface area (Å²) in [6.45, 7) is 0.288. The van der Waals surface area contributed by atoms with Crippen LogP contribution in [0.1, 0.15) is 62.0 Å². The van der Waals surface area contributed by atoms with Gasteiger partial charge >= 0.3 is 12.1 Å². The van der Waals surface area contributed by atoms with Gasteiger partial charge < -0.3 is 20.5 Å². The largest absolute Gasteiger partial charge is 0.481 e. The van der Waals surface area contributed by atoms with Gasteiger partial charge in [0.1, 0.15) is 6.61 Å². The predicted octanol–water partition coefficient (Wildman–Crippen LogP) is 4.45. The van der Waals surface area contributed by atoms with Crippen molar-refractivity contribution in [3.8, 4) is 11.1 Å². The molecule has 7 heteroatoms. The number of amides is 2. The van der Waals surface area contributed by atoms with Gasteiger partial charge in [-0.3, -0.25) is 9.59 Å².